The fourth-order valence-electron chi connectivity index (χ4n) is 5.25. The van der Waals surface area contributed by atoms with Gasteiger partial charge in [0.05, 0.1) is 25.9 Å². The molecule has 23 heteroatoms. The average Bonchev–Trinajstić information content (AvgIpc) is 3.72. The number of rotatable bonds is 2. The van der Waals surface area contributed by atoms with Gasteiger partial charge < -0.3 is 45.5 Å². The minimum atomic E-state index is -5.08. The molecule has 7 heterocycles. The van der Waals surface area contributed by atoms with Crippen LogP contribution in [0.1, 0.15) is 12.5 Å². The number of nitrogens with two attached hydrogens (primary N) is 2. The number of halogens is 1. The summed E-state index contributed by atoms with van der Waals surface area (Å²) in [6, 6.07) is 0. The van der Waals surface area contributed by atoms with E-state index in [0.29, 0.717) is 0 Å². The van der Waals surface area contributed by atoms with Crippen LogP contribution in [0.15, 0.2) is 23.8 Å². The van der Waals surface area contributed by atoms with Crippen molar-refractivity contribution < 1.29 is 52.1 Å². The van der Waals surface area contributed by atoms with Crippen LogP contribution < -0.4 is 17.0 Å². The molecule has 0 spiro atoms. The van der Waals surface area contributed by atoms with Crippen molar-refractivity contribution in [2.75, 3.05) is 24.7 Å². The molecule has 4 aromatic rings. The number of aliphatic hydroxyl groups is 2. The number of hydrogen-bond donors (Lipinski definition) is 6. The van der Waals surface area contributed by atoms with Crippen molar-refractivity contribution in [1.29, 1.82) is 0 Å². The molecule has 21 nitrogen and oxygen atoms in total. The predicted octanol–water partition coefficient (Wildman–Crippen LogP) is -2.19. The second-order valence-electron chi connectivity index (χ2n) is 9.98. The van der Waals surface area contributed by atoms with Crippen molar-refractivity contribution >= 4 is 41.9 Å². The number of anilines is 2. The Labute approximate surface area is 243 Å². The summed E-state index contributed by atoms with van der Waals surface area (Å²) in [5.41, 5.74) is 10.9. The summed E-state index contributed by atoms with van der Waals surface area (Å²) < 4.78 is 64.3. The Morgan fingerprint density at radius 3 is 2.52 bits per heavy atom. The van der Waals surface area contributed by atoms with Gasteiger partial charge in [0.1, 0.15) is 36.3 Å². The second-order valence-corrected chi connectivity index (χ2v) is 11.4. The molecule has 3 saturated heterocycles. The molecule has 0 saturated carbocycles. The highest BCUT2D eigenvalue weighted by atomic mass is 31.2. The molecule has 2 bridgehead atoms. The summed E-state index contributed by atoms with van der Waals surface area (Å²) in [7, 11) is -5.08. The molecule has 0 amide bonds. The second kappa shape index (κ2) is 10.7. The number of nitrogens with one attached hydrogen (secondary N) is 1. The molecular weight excluding hydrogens is 618 g/mol. The van der Waals surface area contributed by atoms with E-state index in [2.05, 4.69) is 29.9 Å². The van der Waals surface area contributed by atoms with Gasteiger partial charge in [-0.2, -0.15) is 4.98 Å². The lowest BCUT2D eigenvalue weighted by molar-refractivity contribution is -0.263. The fraction of sp³-hybridized carbons (Fsp3) is 0.524. The molecule has 0 aromatic carbocycles. The van der Waals surface area contributed by atoms with Gasteiger partial charge in [-0.15, -0.1) is 0 Å². The highest BCUT2D eigenvalue weighted by Gasteiger charge is 2.53. The Balaban J connectivity index is 1.18. The van der Waals surface area contributed by atoms with Crippen LogP contribution in [-0.4, -0.2) is 111 Å². The van der Waals surface area contributed by atoms with E-state index in [9.17, 15) is 24.5 Å². The van der Waals surface area contributed by atoms with E-state index in [-0.39, 0.29) is 34.1 Å². The maximum Gasteiger partial charge on any atom is 0.472 e. The number of alkyl halides is 1. The van der Waals surface area contributed by atoms with Crippen molar-refractivity contribution in [3.05, 3.63) is 29.3 Å². The number of imidazole rings is 2. The Kier molecular flexibility index (Phi) is 7.08. The van der Waals surface area contributed by atoms with Crippen LogP contribution in [0.2, 0.25) is 0 Å². The summed E-state index contributed by atoms with van der Waals surface area (Å²) in [6.07, 6.45) is -11.1. The van der Waals surface area contributed by atoms with E-state index in [1.165, 1.54) is 10.9 Å². The van der Waals surface area contributed by atoms with Crippen LogP contribution in [0.3, 0.4) is 0 Å². The van der Waals surface area contributed by atoms with Crippen LogP contribution in [-0.2, 0) is 32.6 Å². The van der Waals surface area contributed by atoms with E-state index < -0.39 is 82.2 Å². The number of H-pyrrole nitrogens is 1. The molecule has 4 aromatic heterocycles. The first kappa shape index (κ1) is 29.0. The van der Waals surface area contributed by atoms with E-state index in [1.807, 2.05) is 0 Å². The topological polar surface area (TPSA) is 292 Å². The molecule has 0 radical (unpaired) electrons. The minimum Gasteiger partial charge on any atom is -0.385 e. The number of nitrogen functional groups attached to an aromatic ring is 2. The highest BCUT2D eigenvalue weighted by molar-refractivity contribution is 7.47. The lowest BCUT2D eigenvalue weighted by atomic mass is 10.1. The molecule has 3 aliphatic heterocycles. The summed E-state index contributed by atoms with van der Waals surface area (Å²) in [5, 5.41) is 21.5. The smallest absolute Gasteiger partial charge is 0.385 e. The lowest BCUT2D eigenvalue weighted by Crippen LogP contribution is -2.39. The first-order valence-corrected chi connectivity index (χ1v) is 14.4. The van der Waals surface area contributed by atoms with Gasteiger partial charge in [-0.25, -0.2) is 28.9 Å². The number of fused-ring (bicyclic) bond motifs is 5. The van der Waals surface area contributed by atoms with Crippen LogP contribution in [0, 0.1) is 0 Å². The van der Waals surface area contributed by atoms with Crippen molar-refractivity contribution in [3.63, 3.8) is 0 Å². The zero-order chi connectivity index (χ0) is 30.9. The average molecular weight is 642 g/mol. The van der Waals surface area contributed by atoms with Crippen LogP contribution >= 0.6 is 7.82 Å². The SMILES string of the molecule is Nc1nc2c(ncn2C2OC3OC(O)COC4C(COP(=O)(O)OC2C3O)OC(n2cnc3c(N)ncnc32)C4F)c(=O)[nH]1. The van der Waals surface area contributed by atoms with Gasteiger partial charge in [0, 0.05) is 0 Å². The predicted molar refractivity (Wildman–Crippen MR) is 139 cm³/mol. The molecule has 3 fully saturated rings. The van der Waals surface area contributed by atoms with Gasteiger partial charge in [-0.05, 0) is 0 Å². The van der Waals surface area contributed by atoms with Gasteiger partial charge in [0.15, 0.2) is 53.8 Å². The van der Waals surface area contributed by atoms with E-state index in [0.717, 1.165) is 17.2 Å². The molecule has 10 atom stereocenters. The third kappa shape index (κ3) is 4.90. The Bertz CT molecular complexity index is 1820. The van der Waals surface area contributed by atoms with Crippen molar-refractivity contribution in [1.82, 2.24) is 39.0 Å². The van der Waals surface area contributed by atoms with Gasteiger partial charge >= 0.3 is 7.82 Å². The van der Waals surface area contributed by atoms with E-state index in [1.54, 1.807) is 0 Å². The zero-order valence-electron chi connectivity index (χ0n) is 22.1. The van der Waals surface area contributed by atoms with Crippen LogP contribution in [0.25, 0.3) is 22.3 Å². The maximum absolute atomic E-state index is 15.8. The first-order valence-electron chi connectivity index (χ1n) is 12.9. The summed E-state index contributed by atoms with van der Waals surface area (Å²) in [6.45, 7) is -1.40. The van der Waals surface area contributed by atoms with Crippen LogP contribution in [0.4, 0.5) is 16.2 Å². The summed E-state index contributed by atoms with van der Waals surface area (Å²) in [5.74, 6) is -0.218. The van der Waals surface area contributed by atoms with Gasteiger partial charge in [-0.1, -0.05) is 0 Å². The molecule has 236 valence electrons. The Hall–Kier alpha value is -3.70. The molecule has 8 N–H and O–H groups in total. The molecule has 3 aliphatic rings. The monoisotopic (exact) mass is 642 g/mol. The Morgan fingerprint density at radius 1 is 0.977 bits per heavy atom. The van der Waals surface area contributed by atoms with Gasteiger partial charge in [0.25, 0.3) is 5.56 Å². The Morgan fingerprint density at radius 2 is 1.73 bits per heavy atom. The summed E-state index contributed by atoms with van der Waals surface area (Å²) >= 11 is 0. The standard InChI is InChI=1S/C21H24FN10O11P/c22-8-12-6(40-18(8)31-4-27-9-14(23)25-3-26-15(9)31)1-39-44(36,37)43-13-11(34)20(41-7(33)2-38-12)42-19(13)32-5-28-10-16(32)29-21(24)30-17(10)35/h3-8,11-13,18-20,33-34H,1-2H2,(H,36,37)(H2,23,25,26)(H3,24,29,30,35). The number of ether oxygens (including phenoxy) is 4. The molecule has 0 aliphatic carbocycles. The van der Waals surface area contributed by atoms with Crippen molar-refractivity contribution in [2.45, 2.75) is 55.6 Å². The molecule has 7 rings (SSSR count). The number of phosphoric acid groups is 1. The number of aliphatic hydroxyl groups excluding tert-OH is 2. The quantitative estimate of drug-likeness (QED) is 0.127. The zero-order valence-corrected chi connectivity index (χ0v) is 23.0. The number of aromatic amines is 1. The van der Waals surface area contributed by atoms with Crippen molar-refractivity contribution in [2.24, 2.45) is 0 Å². The molecule has 44 heavy (non-hydrogen) atoms. The van der Waals surface area contributed by atoms with Crippen LogP contribution in [0.5, 0.6) is 0 Å². The fourth-order valence-corrected chi connectivity index (χ4v) is 6.18. The minimum absolute atomic E-state index is 0.0509. The number of aromatic nitrogens is 8. The largest absolute Gasteiger partial charge is 0.472 e. The first-order chi connectivity index (χ1) is 21.0. The third-order valence-corrected chi connectivity index (χ3v) is 8.19. The number of hydrogen-bond acceptors (Lipinski definition) is 17. The van der Waals surface area contributed by atoms with E-state index in [4.69, 9.17) is 39.5 Å². The summed E-state index contributed by atoms with van der Waals surface area (Å²) in [4.78, 5) is 45.2. The number of phosphoric ester groups is 1. The normalized spacial score (nSPS) is 36.6. The molecular formula is C21H24FN10O11P. The lowest BCUT2D eigenvalue weighted by Gasteiger charge is -2.25. The number of nitrogens with zero attached hydrogens (tertiary/aromatic N) is 7. The highest BCUT2D eigenvalue weighted by Crippen LogP contribution is 2.50. The third-order valence-electron chi connectivity index (χ3n) is 7.20. The van der Waals surface area contributed by atoms with Gasteiger partial charge in [0.2, 0.25) is 5.95 Å². The maximum atomic E-state index is 15.8. The van der Waals surface area contributed by atoms with E-state index >= 15 is 4.39 Å². The molecule has 10 unspecified atom stereocenters. The van der Waals surface area contributed by atoms with Gasteiger partial charge in [-0.3, -0.25) is 28.0 Å². The van der Waals surface area contributed by atoms with Crippen molar-refractivity contribution in [3.8, 4) is 0 Å².